The summed E-state index contributed by atoms with van der Waals surface area (Å²) in [5, 5.41) is 5.10. The highest BCUT2D eigenvalue weighted by Crippen LogP contribution is 2.26. The van der Waals surface area contributed by atoms with E-state index in [1.165, 1.54) is 25.3 Å². The lowest BCUT2D eigenvalue weighted by atomic mass is 10.1. The van der Waals surface area contributed by atoms with Crippen LogP contribution in [0.5, 0.6) is 5.75 Å². The van der Waals surface area contributed by atoms with E-state index in [9.17, 15) is 13.2 Å². The van der Waals surface area contributed by atoms with Gasteiger partial charge in [-0.25, -0.2) is 13.6 Å². The second kappa shape index (κ2) is 5.41. The van der Waals surface area contributed by atoms with Crippen molar-refractivity contribution in [3.63, 3.8) is 0 Å². The molecule has 1 aromatic rings. The third kappa shape index (κ3) is 2.78. The number of ether oxygens (including phenoxy) is 1. The first-order chi connectivity index (χ1) is 9.34. The Labute approximate surface area is 118 Å². The maximum absolute atomic E-state index is 12.5. The Morgan fingerprint density at radius 3 is 2.65 bits per heavy atom. The molecule has 1 aliphatic rings. The maximum Gasteiger partial charge on any atom is 0.257 e. The number of primary sulfonamides is 1. The zero-order valence-electron chi connectivity index (χ0n) is 11.5. The van der Waals surface area contributed by atoms with Crippen LogP contribution < -0.4 is 9.88 Å². The molecular weight excluding hydrogens is 280 g/mol. The van der Waals surface area contributed by atoms with E-state index in [-0.39, 0.29) is 22.4 Å². The molecule has 1 heterocycles. The van der Waals surface area contributed by atoms with E-state index in [1.807, 2.05) is 6.92 Å². The van der Waals surface area contributed by atoms with Gasteiger partial charge in [0.1, 0.15) is 5.75 Å². The molecule has 2 rings (SSSR count). The van der Waals surface area contributed by atoms with Gasteiger partial charge < -0.3 is 9.64 Å². The first-order valence-corrected chi connectivity index (χ1v) is 7.91. The standard InChI is InChI=1S/C13H18N2O4S/c1-9-4-3-7-15(9)13(16)11-8-10(20(14,17)18)5-6-12(11)19-2/h5-6,8-9H,3-4,7H2,1-2H3,(H2,14,17,18). The van der Waals surface area contributed by atoms with Gasteiger partial charge in [0.05, 0.1) is 17.6 Å². The van der Waals surface area contributed by atoms with Crippen LogP contribution in [-0.4, -0.2) is 38.9 Å². The first-order valence-electron chi connectivity index (χ1n) is 6.36. The van der Waals surface area contributed by atoms with Gasteiger partial charge in [-0.05, 0) is 38.0 Å². The average molecular weight is 298 g/mol. The number of rotatable bonds is 3. The Bertz CT molecular complexity index is 627. The van der Waals surface area contributed by atoms with E-state index in [0.717, 1.165) is 12.8 Å². The van der Waals surface area contributed by atoms with Gasteiger partial charge >= 0.3 is 0 Å². The van der Waals surface area contributed by atoms with Crippen molar-refractivity contribution in [2.45, 2.75) is 30.7 Å². The average Bonchev–Trinajstić information content (AvgIpc) is 2.82. The van der Waals surface area contributed by atoms with Crippen LogP contribution >= 0.6 is 0 Å². The quantitative estimate of drug-likeness (QED) is 0.900. The Kier molecular flexibility index (Phi) is 4.01. The van der Waals surface area contributed by atoms with E-state index in [2.05, 4.69) is 0 Å². The van der Waals surface area contributed by atoms with Crippen molar-refractivity contribution in [2.75, 3.05) is 13.7 Å². The smallest absolute Gasteiger partial charge is 0.257 e. The molecule has 0 saturated carbocycles. The van der Waals surface area contributed by atoms with Crippen molar-refractivity contribution in [1.82, 2.24) is 4.90 Å². The van der Waals surface area contributed by atoms with Gasteiger partial charge in [0.15, 0.2) is 0 Å². The number of carbonyl (C=O) groups excluding carboxylic acids is 1. The predicted molar refractivity (Wildman–Crippen MR) is 74.1 cm³/mol. The lowest BCUT2D eigenvalue weighted by Gasteiger charge is -2.22. The molecule has 1 aliphatic heterocycles. The molecule has 0 radical (unpaired) electrons. The number of hydrogen-bond donors (Lipinski definition) is 1. The SMILES string of the molecule is COc1ccc(S(N)(=O)=O)cc1C(=O)N1CCCC1C. The van der Waals surface area contributed by atoms with E-state index >= 15 is 0 Å². The molecule has 6 nitrogen and oxygen atoms in total. The van der Waals surface area contributed by atoms with Gasteiger partial charge in [-0.3, -0.25) is 4.79 Å². The number of nitrogens with zero attached hydrogens (tertiary/aromatic N) is 1. The topological polar surface area (TPSA) is 89.7 Å². The number of carbonyl (C=O) groups is 1. The van der Waals surface area contributed by atoms with E-state index in [4.69, 9.17) is 9.88 Å². The number of methoxy groups -OCH3 is 1. The van der Waals surface area contributed by atoms with Crippen molar-refractivity contribution < 1.29 is 17.9 Å². The van der Waals surface area contributed by atoms with Crippen molar-refractivity contribution >= 4 is 15.9 Å². The van der Waals surface area contributed by atoms with Crippen molar-refractivity contribution in [3.05, 3.63) is 23.8 Å². The molecular formula is C13H18N2O4S. The highest BCUT2D eigenvalue weighted by molar-refractivity contribution is 7.89. The second-order valence-corrected chi connectivity index (χ2v) is 6.46. The second-order valence-electron chi connectivity index (χ2n) is 4.90. The number of benzene rings is 1. The summed E-state index contributed by atoms with van der Waals surface area (Å²) >= 11 is 0. The molecule has 0 bridgehead atoms. The van der Waals surface area contributed by atoms with E-state index in [0.29, 0.717) is 12.3 Å². The summed E-state index contributed by atoms with van der Waals surface area (Å²) in [4.78, 5) is 14.2. The minimum atomic E-state index is -3.85. The van der Waals surface area contributed by atoms with Crippen molar-refractivity contribution in [1.29, 1.82) is 0 Å². The zero-order valence-corrected chi connectivity index (χ0v) is 12.3. The minimum Gasteiger partial charge on any atom is -0.496 e. The van der Waals surface area contributed by atoms with E-state index < -0.39 is 10.0 Å². The van der Waals surface area contributed by atoms with Gasteiger partial charge in [-0.1, -0.05) is 0 Å². The summed E-state index contributed by atoms with van der Waals surface area (Å²) in [6, 6.07) is 4.21. The number of sulfonamides is 1. The number of hydrogen-bond acceptors (Lipinski definition) is 4. The van der Waals surface area contributed by atoms with Crippen molar-refractivity contribution in [3.8, 4) is 5.75 Å². The Balaban J connectivity index is 2.45. The van der Waals surface area contributed by atoms with Crippen LogP contribution in [0, 0.1) is 0 Å². The molecule has 0 spiro atoms. The predicted octanol–water partition coefficient (Wildman–Crippen LogP) is 0.967. The van der Waals surface area contributed by atoms with Crippen molar-refractivity contribution in [2.24, 2.45) is 5.14 Å². The Morgan fingerprint density at radius 1 is 1.45 bits per heavy atom. The van der Waals surface area contributed by atoms with Crippen LogP contribution in [0.15, 0.2) is 23.1 Å². The molecule has 1 amide bonds. The highest BCUT2D eigenvalue weighted by atomic mass is 32.2. The molecule has 1 unspecified atom stereocenters. The van der Waals surface area contributed by atoms with Crippen LogP contribution in [0.4, 0.5) is 0 Å². The molecule has 1 saturated heterocycles. The molecule has 1 fully saturated rings. The lowest BCUT2D eigenvalue weighted by Crippen LogP contribution is -2.34. The summed E-state index contributed by atoms with van der Waals surface area (Å²) in [6.45, 7) is 2.64. The highest BCUT2D eigenvalue weighted by Gasteiger charge is 2.28. The fraction of sp³-hybridized carbons (Fsp3) is 0.462. The van der Waals surface area contributed by atoms with E-state index in [1.54, 1.807) is 4.90 Å². The third-order valence-corrected chi connectivity index (χ3v) is 4.45. The summed E-state index contributed by atoms with van der Waals surface area (Å²) in [5.41, 5.74) is 0.229. The van der Waals surface area contributed by atoms with Crippen LogP contribution in [-0.2, 0) is 10.0 Å². The minimum absolute atomic E-state index is 0.0894. The fourth-order valence-electron chi connectivity index (χ4n) is 2.42. The van der Waals surface area contributed by atoms with Crippen LogP contribution in [0.25, 0.3) is 0 Å². The van der Waals surface area contributed by atoms with Crippen LogP contribution in [0.1, 0.15) is 30.1 Å². The molecule has 110 valence electrons. The number of likely N-dealkylation sites (tertiary alicyclic amines) is 1. The van der Waals surface area contributed by atoms with Gasteiger partial charge in [0.2, 0.25) is 10.0 Å². The molecule has 1 atom stereocenters. The molecule has 20 heavy (non-hydrogen) atoms. The van der Waals surface area contributed by atoms with Crippen LogP contribution in [0.2, 0.25) is 0 Å². The first kappa shape index (κ1) is 14.8. The summed E-state index contributed by atoms with van der Waals surface area (Å²) in [6.07, 6.45) is 1.90. The maximum atomic E-state index is 12.5. The molecule has 0 aliphatic carbocycles. The van der Waals surface area contributed by atoms with Gasteiger partial charge in [0, 0.05) is 12.6 Å². The number of amides is 1. The van der Waals surface area contributed by atoms with Crippen LogP contribution in [0.3, 0.4) is 0 Å². The third-order valence-electron chi connectivity index (χ3n) is 3.54. The summed E-state index contributed by atoms with van der Waals surface area (Å²) in [5.74, 6) is 0.124. The summed E-state index contributed by atoms with van der Waals surface area (Å²) in [7, 11) is -2.41. The van der Waals surface area contributed by atoms with Gasteiger partial charge in [-0.2, -0.15) is 0 Å². The largest absolute Gasteiger partial charge is 0.496 e. The number of nitrogens with two attached hydrogens (primary N) is 1. The normalized spacial score (nSPS) is 19.1. The molecule has 0 aromatic heterocycles. The van der Waals surface area contributed by atoms with Gasteiger partial charge in [0.25, 0.3) is 5.91 Å². The lowest BCUT2D eigenvalue weighted by molar-refractivity contribution is 0.0744. The Morgan fingerprint density at radius 2 is 2.15 bits per heavy atom. The zero-order chi connectivity index (χ0) is 14.9. The van der Waals surface area contributed by atoms with Gasteiger partial charge in [-0.15, -0.1) is 0 Å². The fourth-order valence-corrected chi connectivity index (χ4v) is 2.96. The summed E-state index contributed by atoms with van der Waals surface area (Å²) < 4.78 is 28.0. The Hall–Kier alpha value is -1.60. The molecule has 2 N–H and O–H groups in total. The molecule has 1 aromatic carbocycles. The molecule has 7 heteroatoms. The monoisotopic (exact) mass is 298 g/mol.